The van der Waals surface area contributed by atoms with Crippen LogP contribution in [-0.4, -0.2) is 14.3 Å². The first-order valence-electron chi connectivity index (χ1n) is 3.48. The van der Waals surface area contributed by atoms with Crippen molar-refractivity contribution in [3.8, 4) is 0 Å². The van der Waals surface area contributed by atoms with Crippen molar-refractivity contribution in [2.45, 2.75) is 4.90 Å². The Kier molecular flexibility index (Phi) is 1.90. The van der Waals surface area contributed by atoms with E-state index < -0.39 is 27.3 Å². The lowest BCUT2D eigenvalue weighted by atomic mass is 10.2. The molecule has 14 heavy (non-hydrogen) atoms. The average molecular weight is 280 g/mol. The highest BCUT2D eigenvalue weighted by atomic mass is 79.9. The van der Waals surface area contributed by atoms with Crippen molar-refractivity contribution in [2.24, 2.45) is 0 Å². The van der Waals surface area contributed by atoms with E-state index in [1.54, 1.807) is 4.72 Å². The molecule has 0 radical (unpaired) electrons. The minimum atomic E-state index is -3.85. The lowest BCUT2D eigenvalue weighted by Crippen LogP contribution is -2.21. The molecule has 1 aromatic rings. The molecule has 0 saturated carbocycles. The van der Waals surface area contributed by atoms with Crippen LogP contribution < -0.4 is 4.72 Å². The number of hydrogen-bond acceptors (Lipinski definition) is 3. The number of halogens is 2. The van der Waals surface area contributed by atoms with Crippen LogP contribution in [0, 0.1) is 5.82 Å². The number of amides is 1. The molecule has 7 heteroatoms. The Labute approximate surface area is 87.3 Å². The Morgan fingerprint density at radius 3 is 2.64 bits per heavy atom. The van der Waals surface area contributed by atoms with Crippen LogP contribution in [0.1, 0.15) is 10.4 Å². The second kappa shape index (κ2) is 2.77. The molecule has 2 rings (SSSR count). The van der Waals surface area contributed by atoms with Gasteiger partial charge in [-0.3, -0.25) is 4.79 Å². The second-order valence-electron chi connectivity index (χ2n) is 2.67. The van der Waals surface area contributed by atoms with Gasteiger partial charge in [0.15, 0.2) is 5.82 Å². The van der Waals surface area contributed by atoms with Crippen molar-refractivity contribution < 1.29 is 17.6 Å². The monoisotopic (exact) mass is 279 g/mol. The molecule has 0 atom stereocenters. The fourth-order valence-corrected chi connectivity index (χ4v) is 2.68. The molecule has 1 aliphatic heterocycles. The van der Waals surface area contributed by atoms with Gasteiger partial charge in [0.05, 0.1) is 10.0 Å². The van der Waals surface area contributed by atoms with Gasteiger partial charge in [-0.25, -0.2) is 17.5 Å². The molecule has 0 fully saturated rings. The van der Waals surface area contributed by atoms with Crippen molar-refractivity contribution in [1.82, 2.24) is 4.72 Å². The summed E-state index contributed by atoms with van der Waals surface area (Å²) in [7, 11) is -3.85. The number of rotatable bonds is 0. The molecule has 0 saturated heterocycles. The third-order valence-electron chi connectivity index (χ3n) is 1.80. The van der Waals surface area contributed by atoms with Crippen molar-refractivity contribution in [3.05, 3.63) is 28.0 Å². The Hall–Kier alpha value is -0.950. The van der Waals surface area contributed by atoms with Gasteiger partial charge in [-0.05, 0) is 28.1 Å². The molecule has 0 spiro atoms. The summed E-state index contributed by atoms with van der Waals surface area (Å²) in [6, 6.07) is 2.42. The van der Waals surface area contributed by atoms with Crippen LogP contribution in [0.15, 0.2) is 21.5 Å². The first kappa shape index (κ1) is 9.60. The zero-order valence-corrected chi connectivity index (χ0v) is 8.95. The topological polar surface area (TPSA) is 63.2 Å². The first-order chi connectivity index (χ1) is 6.43. The van der Waals surface area contributed by atoms with Crippen molar-refractivity contribution >= 4 is 31.9 Å². The van der Waals surface area contributed by atoms with Gasteiger partial charge in [0, 0.05) is 0 Å². The Morgan fingerprint density at radius 1 is 1.36 bits per heavy atom. The summed E-state index contributed by atoms with van der Waals surface area (Å²) in [5, 5.41) is 0. The average Bonchev–Trinajstić information content (AvgIpc) is 2.29. The summed E-state index contributed by atoms with van der Waals surface area (Å²) in [5.74, 6) is -1.79. The number of sulfonamides is 1. The van der Waals surface area contributed by atoms with Crippen LogP contribution in [-0.2, 0) is 10.0 Å². The van der Waals surface area contributed by atoms with Gasteiger partial charge < -0.3 is 0 Å². The zero-order chi connectivity index (χ0) is 10.5. The van der Waals surface area contributed by atoms with E-state index in [9.17, 15) is 17.6 Å². The quantitative estimate of drug-likeness (QED) is 0.771. The van der Waals surface area contributed by atoms with Crippen LogP contribution in [0.2, 0.25) is 0 Å². The minimum absolute atomic E-state index is 0.0588. The number of benzene rings is 1. The van der Waals surface area contributed by atoms with Crippen molar-refractivity contribution in [2.75, 3.05) is 0 Å². The number of carbonyl (C=O) groups is 1. The van der Waals surface area contributed by atoms with E-state index >= 15 is 0 Å². The number of hydrogen-bond donors (Lipinski definition) is 1. The lowest BCUT2D eigenvalue weighted by Gasteiger charge is -1.97. The molecule has 74 valence electrons. The summed E-state index contributed by atoms with van der Waals surface area (Å²) in [5.41, 5.74) is -0.431. The highest BCUT2D eigenvalue weighted by Gasteiger charge is 2.35. The third-order valence-corrected chi connectivity index (χ3v) is 3.79. The zero-order valence-electron chi connectivity index (χ0n) is 6.54. The van der Waals surface area contributed by atoms with E-state index in [1.807, 2.05) is 0 Å². The van der Waals surface area contributed by atoms with Crippen molar-refractivity contribution in [3.63, 3.8) is 0 Å². The summed E-state index contributed by atoms with van der Waals surface area (Å²) in [6.07, 6.45) is 0. The van der Waals surface area contributed by atoms with Crippen LogP contribution in [0.4, 0.5) is 4.39 Å². The molecule has 0 aromatic heterocycles. The smallest absolute Gasteiger partial charge is 0.268 e. The van der Waals surface area contributed by atoms with Gasteiger partial charge in [-0.1, -0.05) is 0 Å². The summed E-state index contributed by atoms with van der Waals surface area (Å²) >= 11 is 2.86. The van der Waals surface area contributed by atoms with Gasteiger partial charge in [-0.2, -0.15) is 0 Å². The number of nitrogens with one attached hydrogen (secondary N) is 1. The lowest BCUT2D eigenvalue weighted by molar-refractivity contribution is 0.0981. The van der Waals surface area contributed by atoms with Gasteiger partial charge in [0.25, 0.3) is 15.9 Å². The molecule has 1 heterocycles. The highest BCUT2D eigenvalue weighted by molar-refractivity contribution is 9.10. The molecular weight excluding hydrogens is 277 g/mol. The van der Waals surface area contributed by atoms with Gasteiger partial charge in [0.2, 0.25) is 0 Å². The standard InChI is InChI=1S/C7H3BrFNO3S/c8-3-1-2-4-5(6(3)9)7(11)10-14(4,12)13/h1-2H,(H,10,11). The first-order valence-corrected chi connectivity index (χ1v) is 5.76. The van der Waals surface area contributed by atoms with Gasteiger partial charge >= 0.3 is 0 Å². The highest BCUT2D eigenvalue weighted by Crippen LogP contribution is 2.29. The van der Waals surface area contributed by atoms with E-state index in [4.69, 9.17) is 0 Å². The van der Waals surface area contributed by atoms with Crippen LogP contribution in [0.5, 0.6) is 0 Å². The van der Waals surface area contributed by atoms with E-state index in [1.165, 1.54) is 12.1 Å². The molecular formula is C7H3BrFNO3S. The normalized spacial score (nSPS) is 17.7. The van der Waals surface area contributed by atoms with E-state index in [0.29, 0.717) is 0 Å². The maximum absolute atomic E-state index is 13.3. The SMILES string of the molecule is O=C1NS(=O)(=O)c2ccc(Br)c(F)c21. The Morgan fingerprint density at radius 2 is 2.00 bits per heavy atom. The second-order valence-corrected chi connectivity index (χ2v) is 5.17. The van der Waals surface area contributed by atoms with E-state index in [2.05, 4.69) is 15.9 Å². The van der Waals surface area contributed by atoms with E-state index in [-0.39, 0.29) is 9.37 Å². The number of carbonyl (C=O) groups excluding carboxylic acids is 1. The van der Waals surface area contributed by atoms with Crippen LogP contribution in [0.3, 0.4) is 0 Å². The molecule has 1 amide bonds. The van der Waals surface area contributed by atoms with Crippen LogP contribution >= 0.6 is 15.9 Å². The Bertz CT molecular complexity index is 540. The molecule has 0 bridgehead atoms. The third kappa shape index (κ3) is 1.16. The van der Waals surface area contributed by atoms with Crippen LogP contribution in [0.25, 0.3) is 0 Å². The molecule has 4 nitrogen and oxygen atoms in total. The number of fused-ring (bicyclic) bond motifs is 1. The van der Waals surface area contributed by atoms with Crippen molar-refractivity contribution in [1.29, 1.82) is 0 Å². The fourth-order valence-electron chi connectivity index (χ4n) is 1.20. The maximum Gasteiger partial charge on any atom is 0.269 e. The summed E-state index contributed by atoms with van der Waals surface area (Å²) < 4.78 is 37.5. The summed E-state index contributed by atoms with van der Waals surface area (Å²) in [4.78, 5) is 10.8. The Balaban J connectivity index is 2.89. The van der Waals surface area contributed by atoms with E-state index in [0.717, 1.165) is 0 Å². The minimum Gasteiger partial charge on any atom is -0.268 e. The van der Waals surface area contributed by atoms with Gasteiger partial charge in [-0.15, -0.1) is 0 Å². The van der Waals surface area contributed by atoms with Gasteiger partial charge in [0.1, 0.15) is 4.90 Å². The molecule has 0 aliphatic carbocycles. The molecule has 0 unspecified atom stereocenters. The molecule has 1 N–H and O–H groups in total. The molecule has 1 aromatic carbocycles. The molecule has 1 aliphatic rings. The predicted octanol–water partition coefficient (Wildman–Crippen LogP) is 1.02. The largest absolute Gasteiger partial charge is 0.269 e. The summed E-state index contributed by atoms with van der Waals surface area (Å²) in [6.45, 7) is 0. The maximum atomic E-state index is 13.3. The fraction of sp³-hybridized carbons (Fsp3) is 0. The predicted molar refractivity (Wildman–Crippen MR) is 48.8 cm³/mol.